The smallest absolute Gasteiger partial charge is 0.0603 e. The van der Waals surface area contributed by atoms with Crippen LogP contribution in [0.2, 0.25) is 0 Å². The van der Waals surface area contributed by atoms with Crippen molar-refractivity contribution in [2.75, 3.05) is 11.9 Å². The fourth-order valence-corrected chi connectivity index (χ4v) is 2.86. The number of hydrogen-bond donors (Lipinski definition) is 0. The molecule has 0 aliphatic heterocycles. The van der Waals surface area contributed by atoms with E-state index in [4.69, 9.17) is 4.74 Å². The molecule has 0 aromatic carbocycles. The van der Waals surface area contributed by atoms with Gasteiger partial charge < -0.3 is 4.74 Å². The highest BCUT2D eigenvalue weighted by atomic mass is 79.9. The average Bonchev–Trinajstić information content (AvgIpc) is 2.29. The lowest BCUT2D eigenvalue weighted by atomic mass is 9.85. The average molecular weight is 277 g/mol. The van der Waals surface area contributed by atoms with Crippen LogP contribution in [-0.4, -0.2) is 18.0 Å². The van der Waals surface area contributed by atoms with Gasteiger partial charge in [-0.05, 0) is 31.6 Å². The maximum Gasteiger partial charge on any atom is 0.0603 e. The van der Waals surface area contributed by atoms with Crippen LogP contribution in [0.3, 0.4) is 0 Å². The number of hydrogen-bond acceptors (Lipinski definition) is 1. The van der Waals surface area contributed by atoms with Crippen molar-refractivity contribution in [3.8, 4) is 0 Å². The first-order valence-electron chi connectivity index (χ1n) is 6.56. The van der Waals surface area contributed by atoms with Crippen molar-refractivity contribution in [1.82, 2.24) is 0 Å². The molecule has 15 heavy (non-hydrogen) atoms. The molecule has 1 fully saturated rings. The van der Waals surface area contributed by atoms with Gasteiger partial charge in [0.05, 0.1) is 6.10 Å². The minimum absolute atomic E-state index is 0.577. The van der Waals surface area contributed by atoms with Crippen molar-refractivity contribution < 1.29 is 4.74 Å². The lowest BCUT2D eigenvalue weighted by Crippen LogP contribution is -2.27. The second-order valence-corrected chi connectivity index (χ2v) is 5.40. The van der Waals surface area contributed by atoms with Crippen LogP contribution in [0.25, 0.3) is 0 Å². The third-order valence-corrected chi connectivity index (χ3v) is 4.03. The molecule has 0 bridgehead atoms. The molecule has 1 aliphatic rings. The molecule has 1 nitrogen and oxygen atoms in total. The monoisotopic (exact) mass is 276 g/mol. The molecule has 0 spiro atoms. The molecule has 0 saturated heterocycles. The van der Waals surface area contributed by atoms with Crippen LogP contribution in [0, 0.1) is 5.92 Å². The number of rotatable bonds is 7. The molecule has 0 heterocycles. The van der Waals surface area contributed by atoms with E-state index in [1.807, 2.05) is 0 Å². The molecular formula is C13H25BrO. The highest BCUT2D eigenvalue weighted by Gasteiger charge is 2.23. The Kier molecular flexibility index (Phi) is 7.72. The van der Waals surface area contributed by atoms with Gasteiger partial charge in [0.2, 0.25) is 0 Å². The van der Waals surface area contributed by atoms with E-state index >= 15 is 0 Å². The summed E-state index contributed by atoms with van der Waals surface area (Å²) in [5, 5.41) is 1.13. The fourth-order valence-electron chi connectivity index (χ4n) is 2.47. The molecule has 1 saturated carbocycles. The second-order valence-electron chi connectivity index (χ2n) is 4.61. The Morgan fingerprint density at radius 2 is 1.93 bits per heavy atom. The van der Waals surface area contributed by atoms with E-state index in [0.29, 0.717) is 6.10 Å². The molecule has 0 aromatic heterocycles. The Bertz CT molecular complexity index is 149. The lowest BCUT2D eigenvalue weighted by molar-refractivity contribution is -0.0134. The van der Waals surface area contributed by atoms with Crippen molar-refractivity contribution in [3.05, 3.63) is 0 Å². The Morgan fingerprint density at radius 1 is 1.13 bits per heavy atom. The minimum atomic E-state index is 0.577. The van der Waals surface area contributed by atoms with E-state index in [2.05, 4.69) is 22.9 Å². The van der Waals surface area contributed by atoms with E-state index in [0.717, 1.165) is 17.9 Å². The molecular weight excluding hydrogens is 252 g/mol. The number of halogens is 1. The summed E-state index contributed by atoms with van der Waals surface area (Å²) in [6, 6.07) is 0. The first kappa shape index (κ1) is 13.5. The normalized spacial score (nSPS) is 26.8. The summed E-state index contributed by atoms with van der Waals surface area (Å²) in [6.07, 6.45) is 11.2. The second kappa shape index (κ2) is 8.58. The zero-order valence-corrected chi connectivity index (χ0v) is 11.6. The number of unbranched alkanes of at least 4 members (excludes halogenated alkanes) is 2. The SMILES string of the molecule is CCC1CCCCC1OCCCCCBr. The van der Waals surface area contributed by atoms with Gasteiger partial charge in [-0.3, -0.25) is 0 Å². The Hall–Kier alpha value is 0.440. The third kappa shape index (κ3) is 5.35. The maximum atomic E-state index is 6.02. The van der Waals surface area contributed by atoms with Crippen LogP contribution in [0.1, 0.15) is 58.3 Å². The maximum absolute atomic E-state index is 6.02. The van der Waals surface area contributed by atoms with E-state index in [-0.39, 0.29) is 0 Å². The van der Waals surface area contributed by atoms with Crippen LogP contribution in [0.15, 0.2) is 0 Å². The molecule has 90 valence electrons. The van der Waals surface area contributed by atoms with Gasteiger partial charge in [-0.1, -0.05) is 48.5 Å². The molecule has 0 radical (unpaired) electrons. The topological polar surface area (TPSA) is 9.23 Å². The summed E-state index contributed by atoms with van der Waals surface area (Å²) < 4.78 is 6.02. The molecule has 0 N–H and O–H groups in total. The van der Waals surface area contributed by atoms with Crippen molar-refractivity contribution >= 4 is 15.9 Å². The zero-order valence-electron chi connectivity index (χ0n) is 10.0. The van der Waals surface area contributed by atoms with Crippen molar-refractivity contribution in [3.63, 3.8) is 0 Å². The van der Waals surface area contributed by atoms with Crippen molar-refractivity contribution in [1.29, 1.82) is 0 Å². The third-order valence-electron chi connectivity index (χ3n) is 3.47. The Balaban J connectivity index is 2.07. The van der Waals surface area contributed by atoms with E-state index in [9.17, 15) is 0 Å². The van der Waals surface area contributed by atoms with Gasteiger partial charge >= 0.3 is 0 Å². The Morgan fingerprint density at radius 3 is 2.67 bits per heavy atom. The van der Waals surface area contributed by atoms with Crippen LogP contribution < -0.4 is 0 Å². The molecule has 1 aliphatic carbocycles. The predicted octanol–water partition coefficient (Wildman–Crippen LogP) is 4.54. The van der Waals surface area contributed by atoms with Crippen molar-refractivity contribution in [2.45, 2.75) is 64.4 Å². The van der Waals surface area contributed by atoms with Gasteiger partial charge in [0.1, 0.15) is 0 Å². The summed E-state index contributed by atoms with van der Waals surface area (Å²) in [5.41, 5.74) is 0. The van der Waals surface area contributed by atoms with Gasteiger partial charge in [0.15, 0.2) is 0 Å². The van der Waals surface area contributed by atoms with Crippen molar-refractivity contribution in [2.24, 2.45) is 5.92 Å². The van der Waals surface area contributed by atoms with E-state index < -0.39 is 0 Å². The number of alkyl halides is 1. The zero-order chi connectivity index (χ0) is 10.9. The van der Waals surface area contributed by atoms with Gasteiger partial charge in [0, 0.05) is 11.9 Å². The predicted molar refractivity (Wildman–Crippen MR) is 69.6 cm³/mol. The molecule has 0 amide bonds. The van der Waals surface area contributed by atoms with E-state index in [1.165, 1.54) is 51.4 Å². The standard InChI is InChI=1S/C13H25BrO/c1-2-12-8-4-5-9-13(12)15-11-7-3-6-10-14/h12-13H,2-11H2,1H3. The minimum Gasteiger partial charge on any atom is -0.378 e. The van der Waals surface area contributed by atoms with Crippen LogP contribution in [0.4, 0.5) is 0 Å². The molecule has 1 rings (SSSR count). The Labute approximate surface area is 103 Å². The molecule has 2 heteroatoms. The van der Waals surface area contributed by atoms with E-state index in [1.54, 1.807) is 0 Å². The highest BCUT2D eigenvalue weighted by Crippen LogP contribution is 2.29. The summed E-state index contributed by atoms with van der Waals surface area (Å²) >= 11 is 3.46. The quantitative estimate of drug-likeness (QED) is 0.490. The van der Waals surface area contributed by atoms with Crippen LogP contribution >= 0.6 is 15.9 Å². The highest BCUT2D eigenvalue weighted by molar-refractivity contribution is 9.09. The van der Waals surface area contributed by atoms with Crippen LogP contribution in [0.5, 0.6) is 0 Å². The summed E-state index contributed by atoms with van der Waals surface area (Å²) in [6.45, 7) is 3.28. The van der Waals surface area contributed by atoms with Gasteiger partial charge in [-0.2, -0.15) is 0 Å². The molecule has 2 atom stereocenters. The van der Waals surface area contributed by atoms with Gasteiger partial charge in [0.25, 0.3) is 0 Å². The first-order valence-corrected chi connectivity index (χ1v) is 7.68. The summed E-state index contributed by atoms with van der Waals surface area (Å²) in [4.78, 5) is 0. The van der Waals surface area contributed by atoms with Gasteiger partial charge in [-0.15, -0.1) is 0 Å². The summed E-state index contributed by atoms with van der Waals surface area (Å²) in [5.74, 6) is 0.843. The molecule has 2 unspecified atom stereocenters. The largest absolute Gasteiger partial charge is 0.378 e. The summed E-state index contributed by atoms with van der Waals surface area (Å²) in [7, 11) is 0. The van der Waals surface area contributed by atoms with Gasteiger partial charge in [-0.25, -0.2) is 0 Å². The van der Waals surface area contributed by atoms with Crippen LogP contribution in [-0.2, 0) is 4.74 Å². The number of ether oxygens (including phenoxy) is 1. The molecule has 0 aromatic rings. The lowest BCUT2D eigenvalue weighted by Gasteiger charge is -2.30. The fraction of sp³-hybridized carbons (Fsp3) is 1.00. The first-order chi connectivity index (χ1) is 7.38.